The van der Waals surface area contributed by atoms with Crippen LogP contribution in [0, 0.1) is 0 Å². The van der Waals surface area contributed by atoms with E-state index in [0.717, 1.165) is 22.1 Å². The summed E-state index contributed by atoms with van der Waals surface area (Å²) in [6.07, 6.45) is 1.96. The van der Waals surface area contributed by atoms with E-state index >= 15 is 0 Å². The highest BCUT2D eigenvalue weighted by Gasteiger charge is 2.10. The molecule has 0 bridgehead atoms. The molecule has 0 aromatic heterocycles. The van der Waals surface area contributed by atoms with E-state index in [4.69, 9.17) is 4.74 Å². The first-order valence-electron chi connectivity index (χ1n) is 7.53. The fraction of sp³-hybridized carbons (Fsp3) is 0.0500. The zero-order valence-electron chi connectivity index (χ0n) is 13.2. The van der Waals surface area contributed by atoms with E-state index in [9.17, 15) is 4.79 Å². The molecule has 0 aliphatic rings. The molecule has 24 heavy (non-hydrogen) atoms. The summed E-state index contributed by atoms with van der Waals surface area (Å²) in [4.78, 5) is 13.4. The zero-order valence-corrected chi connectivity index (χ0v) is 14.0. The molecule has 3 rings (SSSR count). The second-order valence-electron chi connectivity index (χ2n) is 5.09. The second-order valence-corrected chi connectivity index (χ2v) is 5.94. The Balaban J connectivity index is 1.69. The number of hydrogen-bond acceptors (Lipinski definition) is 3. The average Bonchev–Trinajstić information content (AvgIpc) is 2.64. The van der Waals surface area contributed by atoms with Crippen molar-refractivity contribution in [3.63, 3.8) is 0 Å². The van der Waals surface area contributed by atoms with Gasteiger partial charge in [-0.2, -0.15) is 0 Å². The molecule has 0 heterocycles. The van der Waals surface area contributed by atoms with E-state index < -0.39 is 0 Å². The monoisotopic (exact) mass is 335 g/mol. The Labute approximate surface area is 145 Å². The van der Waals surface area contributed by atoms with E-state index in [1.54, 1.807) is 11.8 Å². The molecule has 0 saturated heterocycles. The van der Waals surface area contributed by atoms with Crippen molar-refractivity contribution in [3.8, 4) is 11.5 Å². The van der Waals surface area contributed by atoms with E-state index in [0.29, 0.717) is 5.56 Å². The van der Waals surface area contributed by atoms with Crippen molar-refractivity contribution in [1.29, 1.82) is 0 Å². The van der Waals surface area contributed by atoms with Crippen molar-refractivity contribution in [1.82, 2.24) is 0 Å². The van der Waals surface area contributed by atoms with E-state index in [2.05, 4.69) is 5.32 Å². The summed E-state index contributed by atoms with van der Waals surface area (Å²) in [6.45, 7) is 0. The highest BCUT2D eigenvalue weighted by atomic mass is 32.2. The molecule has 0 atom stereocenters. The topological polar surface area (TPSA) is 38.3 Å². The molecule has 3 nitrogen and oxygen atoms in total. The molecular weight excluding hydrogens is 318 g/mol. The van der Waals surface area contributed by atoms with Crippen molar-refractivity contribution in [3.05, 3.63) is 84.4 Å². The third-order valence-electron chi connectivity index (χ3n) is 3.44. The smallest absolute Gasteiger partial charge is 0.256 e. The van der Waals surface area contributed by atoms with Gasteiger partial charge in [0.1, 0.15) is 11.5 Å². The third-order valence-corrected chi connectivity index (χ3v) is 4.24. The lowest BCUT2D eigenvalue weighted by Gasteiger charge is -2.10. The molecular formula is C20H17NO2S. The molecule has 120 valence electrons. The summed E-state index contributed by atoms with van der Waals surface area (Å²) < 4.78 is 5.74. The van der Waals surface area contributed by atoms with Gasteiger partial charge in [-0.25, -0.2) is 0 Å². The molecule has 0 saturated carbocycles. The number of thioether (sulfide) groups is 1. The number of nitrogens with one attached hydrogen (secondary N) is 1. The van der Waals surface area contributed by atoms with Crippen LogP contribution in [0.4, 0.5) is 5.69 Å². The maximum atomic E-state index is 12.4. The van der Waals surface area contributed by atoms with Crippen LogP contribution in [0.5, 0.6) is 11.5 Å². The first-order chi connectivity index (χ1) is 11.8. The van der Waals surface area contributed by atoms with Gasteiger partial charge in [-0.15, -0.1) is 11.8 Å². The Morgan fingerprint density at radius 1 is 0.833 bits per heavy atom. The summed E-state index contributed by atoms with van der Waals surface area (Å²) in [5.74, 6) is 1.39. The maximum absolute atomic E-state index is 12.4. The Kier molecular flexibility index (Phi) is 5.18. The Hall–Kier alpha value is -2.72. The van der Waals surface area contributed by atoms with E-state index in [-0.39, 0.29) is 5.91 Å². The molecule has 0 aliphatic carbocycles. The van der Waals surface area contributed by atoms with Gasteiger partial charge < -0.3 is 10.1 Å². The predicted molar refractivity (Wildman–Crippen MR) is 99.1 cm³/mol. The van der Waals surface area contributed by atoms with Crippen molar-refractivity contribution in [2.24, 2.45) is 0 Å². The number of carbonyl (C=O) groups excluding carboxylic acids is 1. The molecule has 3 aromatic rings. The first kappa shape index (κ1) is 16.1. The van der Waals surface area contributed by atoms with Crippen LogP contribution in [0.25, 0.3) is 0 Å². The second kappa shape index (κ2) is 7.70. The largest absolute Gasteiger partial charge is 0.457 e. The fourth-order valence-electron chi connectivity index (χ4n) is 2.26. The van der Waals surface area contributed by atoms with E-state index in [1.165, 1.54) is 0 Å². The highest BCUT2D eigenvalue weighted by Crippen LogP contribution is 2.24. The van der Waals surface area contributed by atoms with Gasteiger partial charge in [-0.3, -0.25) is 4.79 Å². The molecule has 1 N–H and O–H groups in total. The van der Waals surface area contributed by atoms with Gasteiger partial charge in [0.2, 0.25) is 0 Å². The SMILES string of the molecule is CSc1ccccc1C(=O)Nc1ccc(Oc2ccccc2)cc1. The van der Waals surface area contributed by atoms with Gasteiger partial charge in [0.25, 0.3) is 5.91 Å². The Bertz CT molecular complexity index is 817. The van der Waals surface area contributed by atoms with E-state index in [1.807, 2.05) is 85.1 Å². The summed E-state index contributed by atoms with van der Waals surface area (Å²) in [6, 6.07) is 24.5. The number of anilines is 1. The number of carbonyl (C=O) groups is 1. The van der Waals surface area contributed by atoms with Gasteiger partial charge in [0, 0.05) is 10.6 Å². The fourth-order valence-corrected chi connectivity index (χ4v) is 2.86. The average molecular weight is 335 g/mol. The van der Waals surface area contributed by atoms with Crippen LogP contribution in [0.15, 0.2) is 83.8 Å². The van der Waals surface area contributed by atoms with Gasteiger partial charge in [-0.05, 0) is 54.8 Å². The van der Waals surface area contributed by atoms with Crippen LogP contribution >= 0.6 is 11.8 Å². The highest BCUT2D eigenvalue weighted by molar-refractivity contribution is 7.98. The number of benzene rings is 3. The molecule has 1 amide bonds. The van der Waals surface area contributed by atoms with Gasteiger partial charge >= 0.3 is 0 Å². The van der Waals surface area contributed by atoms with Crippen molar-refractivity contribution in [2.75, 3.05) is 11.6 Å². The Morgan fingerprint density at radius 2 is 1.46 bits per heavy atom. The van der Waals surface area contributed by atoms with Crippen LogP contribution in [0.3, 0.4) is 0 Å². The molecule has 3 aromatic carbocycles. The maximum Gasteiger partial charge on any atom is 0.256 e. The lowest BCUT2D eigenvalue weighted by atomic mass is 10.2. The lowest BCUT2D eigenvalue weighted by molar-refractivity contribution is 0.102. The standard InChI is InChI=1S/C20H17NO2S/c1-24-19-10-6-5-9-18(19)20(22)21-15-11-13-17(14-12-15)23-16-7-3-2-4-8-16/h2-14H,1H3,(H,21,22). The summed E-state index contributed by atoms with van der Waals surface area (Å²) in [7, 11) is 0. The van der Waals surface area contributed by atoms with Gasteiger partial charge in [0.15, 0.2) is 0 Å². The number of rotatable bonds is 5. The molecule has 0 radical (unpaired) electrons. The first-order valence-corrected chi connectivity index (χ1v) is 8.76. The van der Waals surface area contributed by atoms with Gasteiger partial charge in [-0.1, -0.05) is 30.3 Å². The van der Waals surface area contributed by atoms with Crippen LogP contribution in [0.1, 0.15) is 10.4 Å². The quantitative estimate of drug-likeness (QED) is 0.630. The molecule has 0 unspecified atom stereocenters. The number of amides is 1. The minimum Gasteiger partial charge on any atom is -0.457 e. The minimum atomic E-state index is -0.114. The zero-order chi connectivity index (χ0) is 16.8. The van der Waals surface area contributed by atoms with Crippen molar-refractivity contribution in [2.45, 2.75) is 4.90 Å². The van der Waals surface area contributed by atoms with Gasteiger partial charge in [0.05, 0.1) is 5.56 Å². The van der Waals surface area contributed by atoms with Crippen LogP contribution in [0.2, 0.25) is 0 Å². The number of ether oxygens (including phenoxy) is 1. The number of para-hydroxylation sites is 1. The molecule has 0 fully saturated rings. The van der Waals surface area contributed by atoms with Crippen molar-refractivity contribution < 1.29 is 9.53 Å². The van der Waals surface area contributed by atoms with Crippen LogP contribution < -0.4 is 10.1 Å². The predicted octanol–water partition coefficient (Wildman–Crippen LogP) is 5.45. The molecule has 4 heteroatoms. The third kappa shape index (κ3) is 3.97. The van der Waals surface area contributed by atoms with Crippen molar-refractivity contribution >= 4 is 23.4 Å². The van der Waals surface area contributed by atoms with Crippen LogP contribution in [-0.2, 0) is 0 Å². The lowest BCUT2D eigenvalue weighted by Crippen LogP contribution is -2.12. The normalized spacial score (nSPS) is 10.2. The molecule has 0 aliphatic heterocycles. The molecule has 0 spiro atoms. The number of hydrogen-bond donors (Lipinski definition) is 1. The summed E-state index contributed by atoms with van der Waals surface area (Å²) in [5.41, 5.74) is 1.41. The minimum absolute atomic E-state index is 0.114. The summed E-state index contributed by atoms with van der Waals surface area (Å²) in [5, 5.41) is 2.92. The van der Waals surface area contributed by atoms with Crippen LogP contribution in [-0.4, -0.2) is 12.2 Å². The Morgan fingerprint density at radius 3 is 2.17 bits per heavy atom. The summed E-state index contributed by atoms with van der Waals surface area (Å²) >= 11 is 1.56.